The predicted octanol–water partition coefficient (Wildman–Crippen LogP) is 3.54. The monoisotopic (exact) mass is 314 g/mol. The second-order valence-electron chi connectivity index (χ2n) is 5.29. The largest absolute Gasteiger partial charge is 0.483 e. The quantitative estimate of drug-likeness (QED) is 0.676. The summed E-state index contributed by atoms with van der Waals surface area (Å²) in [6, 6.07) is 9.94. The molecule has 1 N–H and O–H groups in total. The van der Waals surface area contributed by atoms with E-state index in [1.807, 2.05) is 32.0 Å². The lowest BCUT2D eigenvalue weighted by molar-refractivity contribution is -0.384. The van der Waals surface area contributed by atoms with E-state index in [1.165, 1.54) is 18.2 Å². The molecule has 0 aliphatic rings. The molecule has 0 unspecified atom stereocenters. The van der Waals surface area contributed by atoms with Crippen LogP contribution in [0.5, 0.6) is 5.75 Å². The van der Waals surface area contributed by atoms with Crippen LogP contribution < -0.4 is 10.1 Å². The van der Waals surface area contributed by atoms with E-state index in [-0.39, 0.29) is 18.2 Å². The van der Waals surface area contributed by atoms with Gasteiger partial charge in [0.25, 0.3) is 11.6 Å². The maximum absolute atomic E-state index is 12.0. The van der Waals surface area contributed by atoms with Crippen molar-refractivity contribution < 1.29 is 14.5 Å². The lowest BCUT2D eigenvalue weighted by atomic mass is 10.1. The van der Waals surface area contributed by atoms with Gasteiger partial charge in [0.05, 0.1) is 4.92 Å². The topological polar surface area (TPSA) is 81.5 Å². The lowest BCUT2D eigenvalue weighted by Crippen LogP contribution is -2.21. The molecule has 6 nitrogen and oxygen atoms in total. The van der Waals surface area contributed by atoms with E-state index in [0.29, 0.717) is 11.3 Å². The van der Waals surface area contributed by atoms with Crippen LogP contribution in [0.15, 0.2) is 36.4 Å². The lowest BCUT2D eigenvalue weighted by Gasteiger charge is -2.12. The van der Waals surface area contributed by atoms with Gasteiger partial charge in [-0.15, -0.1) is 0 Å². The molecule has 0 fully saturated rings. The molecule has 0 atom stereocenters. The molecule has 0 spiro atoms. The number of hydrogen-bond acceptors (Lipinski definition) is 4. The van der Waals surface area contributed by atoms with E-state index in [9.17, 15) is 14.9 Å². The molecule has 120 valence electrons. The van der Waals surface area contributed by atoms with Gasteiger partial charge in [0.2, 0.25) is 0 Å². The van der Waals surface area contributed by atoms with Crippen LogP contribution in [-0.4, -0.2) is 17.4 Å². The first-order valence-corrected chi connectivity index (χ1v) is 7.12. The number of nitro groups is 1. The summed E-state index contributed by atoms with van der Waals surface area (Å²) < 4.78 is 5.44. The third kappa shape index (κ3) is 4.06. The van der Waals surface area contributed by atoms with Crippen LogP contribution >= 0.6 is 0 Å². The number of carbonyl (C=O) groups excluding carboxylic acids is 1. The first-order chi connectivity index (χ1) is 10.9. The van der Waals surface area contributed by atoms with Gasteiger partial charge in [0, 0.05) is 17.8 Å². The van der Waals surface area contributed by atoms with Gasteiger partial charge in [-0.25, -0.2) is 0 Å². The zero-order valence-corrected chi connectivity index (χ0v) is 13.3. The van der Waals surface area contributed by atoms with Gasteiger partial charge in [0.15, 0.2) is 6.61 Å². The number of nitrogens with one attached hydrogen (secondary N) is 1. The molecule has 1 amide bonds. The Labute approximate surface area is 134 Å². The standard InChI is InChI=1S/C17H18N2O4/c1-11-5-4-6-15(13(11)3)18-17(20)10-23-16-8-7-14(19(21)22)9-12(16)2/h4-9H,10H2,1-3H3,(H,18,20). The van der Waals surface area contributed by atoms with Crippen LogP contribution in [0.4, 0.5) is 11.4 Å². The van der Waals surface area contributed by atoms with Crippen molar-refractivity contribution >= 4 is 17.3 Å². The summed E-state index contributed by atoms with van der Waals surface area (Å²) >= 11 is 0. The number of nitro benzene ring substituents is 1. The van der Waals surface area contributed by atoms with Crippen molar-refractivity contribution in [2.24, 2.45) is 0 Å². The highest BCUT2D eigenvalue weighted by atomic mass is 16.6. The van der Waals surface area contributed by atoms with Gasteiger partial charge in [-0.1, -0.05) is 12.1 Å². The number of amides is 1. The molecule has 2 rings (SSSR count). The second kappa shape index (κ2) is 6.91. The third-order valence-corrected chi connectivity index (χ3v) is 3.61. The van der Waals surface area contributed by atoms with Gasteiger partial charge in [-0.3, -0.25) is 14.9 Å². The van der Waals surface area contributed by atoms with E-state index in [2.05, 4.69) is 5.32 Å². The molecule has 0 heterocycles. The van der Waals surface area contributed by atoms with E-state index < -0.39 is 4.92 Å². The Morgan fingerprint density at radius 3 is 2.57 bits per heavy atom. The molecule has 23 heavy (non-hydrogen) atoms. The number of hydrogen-bond donors (Lipinski definition) is 1. The normalized spacial score (nSPS) is 10.2. The van der Waals surface area contributed by atoms with Gasteiger partial charge in [0.1, 0.15) is 5.75 Å². The van der Waals surface area contributed by atoms with Crippen LogP contribution in [-0.2, 0) is 4.79 Å². The first kappa shape index (κ1) is 16.5. The summed E-state index contributed by atoms with van der Waals surface area (Å²) in [5, 5.41) is 13.5. The Morgan fingerprint density at radius 1 is 1.17 bits per heavy atom. The fourth-order valence-electron chi connectivity index (χ4n) is 2.13. The molecule has 0 bridgehead atoms. The van der Waals surface area contributed by atoms with Crippen LogP contribution in [0, 0.1) is 30.9 Å². The minimum Gasteiger partial charge on any atom is -0.483 e. The van der Waals surface area contributed by atoms with Gasteiger partial charge >= 0.3 is 0 Å². The Bertz CT molecular complexity index is 756. The Kier molecular flexibility index (Phi) is 4.95. The fourth-order valence-corrected chi connectivity index (χ4v) is 2.13. The molecule has 0 aromatic heterocycles. The van der Waals surface area contributed by atoms with Crippen LogP contribution in [0.3, 0.4) is 0 Å². The Morgan fingerprint density at radius 2 is 1.91 bits per heavy atom. The predicted molar refractivity (Wildman–Crippen MR) is 87.9 cm³/mol. The number of benzene rings is 2. The molecular formula is C17H18N2O4. The van der Waals surface area contributed by atoms with Crippen molar-refractivity contribution in [3.05, 3.63) is 63.2 Å². The highest BCUT2D eigenvalue weighted by Gasteiger charge is 2.11. The Balaban J connectivity index is 1.99. The summed E-state index contributed by atoms with van der Waals surface area (Å²) in [4.78, 5) is 22.2. The van der Waals surface area contributed by atoms with Gasteiger partial charge in [-0.2, -0.15) is 0 Å². The second-order valence-corrected chi connectivity index (χ2v) is 5.29. The van der Waals surface area contributed by atoms with Crippen molar-refractivity contribution in [2.45, 2.75) is 20.8 Å². The molecule has 0 aliphatic heterocycles. The van der Waals surface area contributed by atoms with Crippen LogP contribution in [0.2, 0.25) is 0 Å². The minimum atomic E-state index is -0.468. The van der Waals surface area contributed by atoms with Crippen molar-refractivity contribution in [2.75, 3.05) is 11.9 Å². The number of aryl methyl sites for hydroxylation is 2. The summed E-state index contributed by atoms with van der Waals surface area (Å²) in [5.74, 6) is 0.170. The van der Waals surface area contributed by atoms with Crippen molar-refractivity contribution in [3.63, 3.8) is 0 Å². The summed E-state index contributed by atoms with van der Waals surface area (Å²) in [6.45, 7) is 5.45. The van der Waals surface area contributed by atoms with Crippen LogP contribution in [0.1, 0.15) is 16.7 Å². The van der Waals surface area contributed by atoms with E-state index in [0.717, 1.165) is 16.8 Å². The van der Waals surface area contributed by atoms with E-state index >= 15 is 0 Å². The number of ether oxygens (including phenoxy) is 1. The number of carbonyl (C=O) groups is 1. The Hall–Kier alpha value is -2.89. The molecule has 0 saturated carbocycles. The third-order valence-electron chi connectivity index (χ3n) is 3.61. The zero-order chi connectivity index (χ0) is 17.0. The van der Waals surface area contributed by atoms with E-state index in [1.54, 1.807) is 6.92 Å². The SMILES string of the molecule is Cc1cc([N+](=O)[O-])ccc1OCC(=O)Nc1cccc(C)c1C. The molecule has 0 radical (unpaired) electrons. The highest BCUT2D eigenvalue weighted by Crippen LogP contribution is 2.23. The minimum absolute atomic E-state index is 0.00492. The van der Waals surface area contributed by atoms with Gasteiger partial charge in [-0.05, 0) is 49.6 Å². The van der Waals surface area contributed by atoms with Crippen molar-refractivity contribution in [3.8, 4) is 5.75 Å². The molecule has 6 heteroatoms. The average molecular weight is 314 g/mol. The average Bonchev–Trinajstić information content (AvgIpc) is 2.50. The maximum Gasteiger partial charge on any atom is 0.269 e. The summed E-state index contributed by atoms with van der Waals surface area (Å²) in [5.41, 5.74) is 3.45. The zero-order valence-electron chi connectivity index (χ0n) is 13.3. The number of nitrogens with zero attached hydrogens (tertiary/aromatic N) is 1. The van der Waals surface area contributed by atoms with Crippen LogP contribution in [0.25, 0.3) is 0 Å². The number of non-ortho nitro benzene ring substituents is 1. The highest BCUT2D eigenvalue weighted by molar-refractivity contribution is 5.92. The van der Waals surface area contributed by atoms with Crippen molar-refractivity contribution in [1.29, 1.82) is 0 Å². The van der Waals surface area contributed by atoms with E-state index in [4.69, 9.17) is 4.74 Å². The molecule has 0 saturated heterocycles. The molecule has 0 aliphatic carbocycles. The first-order valence-electron chi connectivity index (χ1n) is 7.12. The number of anilines is 1. The molecule has 2 aromatic carbocycles. The van der Waals surface area contributed by atoms with Crippen molar-refractivity contribution in [1.82, 2.24) is 0 Å². The fraction of sp³-hybridized carbons (Fsp3) is 0.235. The maximum atomic E-state index is 12.0. The summed E-state index contributed by atoms with van der Waals surface area (Å²) in [6.07, 6.45) is 0. The van der Waals surface area contributed by atoms with Gasteiger partial charge < -0.3 is 10.1 Å². The molecule has 2 aromatic rings. The smallest absolute Gasteiger partial charge is 0.269 e. The summed E-state index contributed by atoms with van der Waals surface area (Å²) in [7, 11) is 0. The number of rotatable bonds is 5. The molecular weight excluding hydrogens is 296 g/mol.